The molecule has 2 aromatic heterocycles. The molecule has 84 valence electrons. The fourth-order valence-electron chi connectivity index (χ4n) is 1.70. The van der Waals surface area contributed by atoms with Gasteiger partial charge in [0.05, 0.1) is 12.0 Å². The molecular formula is C12H14N2OS. The first-order valence-corrected chi connectivity index (χ1v) is 6.22. The van der Waals surface area contributed by atoms with Gasteiger partial charge < -0.3 is 9.14 Å². The molecule has 0 unspecified atom stereocenters. The summed E-state index contributed by atoms with van der Waals surface area (Å²) in [6.45, 7) is 2.30. The second-order valence-corrected chi connectivity index (χ2v) is 6.08. The Kier molecular flexibility index (Phi) is 2.14. The van der Waals surface area contributed by atoms with E-state index in [0.717, 1.165) is 11.4 Å². The van der Waals surface area contributed by atoms with Crippen molar-refractivity contribution in [1.82, 2.24) is 9.38 Å². The number of thioether (sulfide) groups is 1. The van der Waals surface area contributed by atoms with Crippen molar-refractivity contribution in [1.29, 1.82) is 0 Å². The van der Waals surface area contributed by atoms with E-state index in [4.69, 9.17) is 4.74 Å². The van der Waals surface area contributed by atoms with Crippen molar-refractivity contribution in [3.8, 4) is 5.75 Å². The van der Waals surface area contributed by atoms with Crippen LogP contribution in [-0.4, -0.2) is 21.2 Å². The first-order valence-electron chi connectivity index (χ1n) is 5.40. The molecule has 3 rings (SSSR count). The number of hydrogen-bond donors (Lipinski definition) is 0. The Morgan fingerprint density at radius 2 is 2.31 bits per heavy atom. The fraction of sp³-hybridized carbons (Fsp3) is 0.417. The van der Waals surface area contributed by atoms with Crippen molar-refractivity contribution in [2.75, 3.05) is 7.11 Å². The Morgan fingerprint density at radius 1 is 1.50 bits per heavy atom. The zero-order valence-electron chi connectivity index (χ0n) is 9.43. The van der Waals surface area contributed by atoms with Gasteiger partial charge >= 0.3 is 0 Å². The topological polar surface area (TPSA) is 26.5 Å². The third-order valence-corrected chi connectivity index (χ3v) is 4.42. The lowest BCUT2D eigenvalue weighted by molar-refractivity contribution is 0.404. The van der Waals surface area contributed by atoms with Gasteiger partial charge in [-0.3, -0.25) is 0 Å². The Bertz CT molecular complexity index is 531. The summed E-state index contributed by atoms with van der Waals surface area (Å²) in [5.41, 5.74) is 0.933. The molecule has 0 N–H and O–H groups in total. The molecule has 0 bridgehead atoms. The summed E-state index contributed by atoms with van der Waals surface area (Å²) in [5, 5.41) is 0. The zero-order valence-corrected chi connectivity index (χ0v) is 10.3. The van der Waals surface area contributed by atoms with Gasteiger partial charge in [0.1, 0.15) is 11.4 Å². The van der Waals surface area contributed by atoms with Gasteiger partial charge in [-0.05, 0) is 12.8 Å². The average molecular weight is 234 g/mol. The first kappa shape index (κ1) is 10.0. The third-order valence-electron chi connectivity index (χ3n) is 2.99. The number of nitrogens with zero attached hydrogens (tertiary/aromatic N) is 2. The summed E-state index contributed by atoms with van der Waals surface area (Å²) in [6, 6.07) is 1.99. The zero-order chi connectivity index (χ0) is 11.2. The summed E-state index contributed by atoms with van der Waals surface area (Å²) in [5.74, 6) is 0.928. The highest BCUT2D eigenvalue weighted by Gasteiger charge is 2.39. The van der Waals surface area contributed by atoms with Gasteiger partial charge in [0, 0.05) is 29.4 Å². The molecule has 0 atom stereocenters. The molecule has 0 radical (unpaired) electrons. The maximum atomic E-state index is 5.42. The number of hydrogen-bond acceptors (Lipinski definition) is 3. The van der Waals surface area contributed by atoms with E-state index in [1.807, 2.05) is 34.6 Å². The second kappa shape index (κ2) is 3.42. The monoisotopic (exact) mass is 234 g/mol. The maximum Gasteiger partial charge on any atom is 0.140 e. The SMILES string of the molecule is COc1cc2nccn2cc1SC1(C)CC1. The average Bonchev–Trinajstić information content (AvgIpc) is 2.82. The van der Waals surface area contributed by atoms with Gasteiger partial charge in [-0.2, -0.15) is 0 Å². The number of pyridine rings is 1. The van der Waals surface area contributed by atoms with E-state index >= 15 is 0 Å². The van der Waals surface area contributed by atoms with Gasteiger partial charge in [0.25, 0.3) is 0 Å². The fourth-order valence-corrected chi connectivity index (χ4v) is 2.95. The van der Waals surface area contributed by atoms with Crippen molar-refractivity contribution in [3.63, 3.8) is 0 Å². The van der Waals surface area contributed by atoms with Crippen molar-refractivity contribution in [2.45, 2.75) is 29.4 Å². The molecule has 0 aromatic carbocycles. The Hall–Kier alpha value is -1.16. The summed E-state index contributed by atoms with van der Waals surface area (Å²) in [4.78, 5) is 5.46. The quantitative estimate of drug-likeness (QED) is 0.816. The van der Waals surface area contributed by atoms with E-state index in [2.05, 4.69) is 18.1 Å². The van der Waals surface area contributed by atoms with Gasteiger partial charge in [0.15, 0.2) is 0 Å². The minimum absolute atomic E-state index is 0.418. The number of ether oxygens (including phenoxy) is 1. The van der Waals surface area contributed by atoms with Gasteiger partial charge in [0.2, 0.25) is 0 Å². The lowest BCUT2D eigenvalue weighted by Gasteiger charge is -2.12. The minimum atomic E-state index is 0.418. The van der Waals surface area contributed by atoms with Crippen molar-refractivity contribution in [2.24, 2.45) is 0 Å². The van der Waals surface area contributed by atoms with Gasteiger partial charge in [-0.15, -0.1) is 11.8 Å². The molecule has 1 fully saturated rings. The van der Waals surface area contributed by atoms with Gasteiger partial charge in [-0.1, -0.05) is 6.92 Å². The normalized spacial score (nSPS) is 17.6. The molecule has 0 amide bonds. The van der Waals surface area contributed by atoms with E-state index in [-0.39, 0.29) is 0 Å². The molecule has 2 aromatic rings. The molecule has 0 saturated heterocycles. The van der Waals surface area contributed by atoms with Crippen molar-refractivity contribution < 1.29 is 4.74 Å². The lowest BCUT2D eigenvalue weighted by Crippen LogP contribution is -1.97. The van der Waals surface area contributed by atoms with Crippen LogP contribution in [0.15, 0.2) is 29.6 Å². The van der Waals surface area contributed by atoms with E-state index in [1.165, 1.54) is 17.7 Å². The highest BCUT2D eigenvalue weighted by molar-refractivity contribution is 8.01. The van der Waals surface area contributed by atoms with Crippen LogP contribution in [0.1, 0.15) is 19.8 Å². The summed E-state index contributed by atoms with van der Waals surface area (Å²) in [7, 11) is 1.72. The van der Waals surface area contributed by atoms with Gasteiger partial charge in [-0.25, -0.2) is 4.98 Å². The lowest BCUT2D eigenvalue weighted by atomic mass is 10.4. The smallest absolute Gasteiger partial charge is 0.140 e. The predicted octanol–water partition coefficient (Wildman–Crippen LogP) is 2.99. The van der Waals surface area contributed by atoms with Crippen LogP contribution in [0.25, 0.3) is 5.65 Å². The van der Waals surface area contributed by atoms with E-state index in [1.54, 1.807) is 7.11 Å². The Labute approximate surface area is 98.8 Å². The first-order chi connectivity index (χ1) is 7.70. The Balaban J connectivity index is 2.05. The van der Waals surface area contributed by atoms with E-state index in [0.29, 0.717) is 4.75 Å². The van der Waals surface area contributed by atoms with Crippen LogP contribution in [0.4, 0.5) is 0 Å². The summed E-state index contributed by atoms with van der Waals surface area (Å²) in [6.07, 6.45) is 8.47. The molecule has 2 heterocycles. The largest absolute Gasteiger partial charge is 0.495 e. The van der Waals surface area contributed by atoms with Crippen LogP contribution in [0.2, 0.25) is 0 Å². The van der Waals surface area contributed by atoms with Crippen molar-refractivity contribution >= 4 is 17.4 Å². The molecule has 4 heteroatoms. The van der Waals surface area contributed by atoms with Crippen LogP contribution in [0.5, 0.6) is 5.75 Å². The Morgan fingerprint density at radius 3 is 3.00 bits per heavy atom. The number of methoxy groups -OCH3 is 1. The molecule has 0 spiro atoms. The molecule has 16 heavy (non-hydrogen) atoms. The molecule has 1 saturated carbocycles. The number of aromatic nitrogens is 2. The molecule has 1 aliphatic rings. The van der Waals surface area contributed by atoms with Crippen LogP contribution in [-0.2, 0) is 0 Å². The summed E-state index contributed by atoms with van der Waals surface area (Å²) < 4.78 is 7.88. The number of imidazole rings is 1. The highest BCUT2D eigenvalue weighted by atomic mass is 32.2. The molecule has 0 aliphatic heterocycles. The molecule has 3 nitrogen and oxygen atoms in total. The van der Waals surface area contributed by atoms with Crippen molar-refractivity contribution in [3.05, 3.63) is 24.7 Å². The third kappa shape index (κ3) is 1.67. The molecule has 1 aliphatic carbocycles. The molecular weight excluding hydrogens is 220 g/mol. The number of rotatable bonds is 3. The van der Waals surface area contributed by atoms with Crippen LogP contribution >= 0.6 is 11.8 Å². The minimum Gasteiger partial charge on any atom is -0.495 e. The van der Waals surface area contributed by atoms with Crippen LogP contribution in [0.3, 0.4) is 0 Å². The van der Waals surface area contributed by atoms with E-state index in [9.17, 15) is 0 Å². The summed E-state index contributed by atoms with van der Waals surface area (Å²) >= 11 is 1.91. The maximum absolute atomic E-state index is 5.42. The van der Waals surface area contributed by atoms with Crippen LogP contribution < -0.4 is 4.74 Å². The van der Waals surface area contributed by atoms with Crippen LogP contribution in [0, 0.1) is 0 Å². The number of fused-ring (bicyclic) bond motifs is 1. The van der Waals surface area contributed by atoms with E-state index < -0.39 is 0 Å². The standard InChI is InChI=1S/C12H14N2OS/c1-12(3-4-12)16-10-8-14-6-5-13-11(14)7-9(10)15-2/h5-8H,3-4H2,1-2H3. The second-order valence-electron chi connectivity index (χ2n) is 4.45. The highest BCUT2D eigenvalue weighted by Crippen LogP contribution is 2.53. The predicted molar refractivity (Wildman–Crippen MR) is 65.2 cm³/mol.